The number of benzene rings is 2. The van der Waals surface area contributed by atoms with Gasteiger partial charge < -0.3 is 5.11 Å². The Labute approximate surface area is 166 Å². The summed E-state index contributed by atoms with van der Waals surface area (Å²) in [5, 5.41) is 18.1. The largest absolute Gasteiger partial charge is 0.448 e. The lowest BCUT2D eigenvalue weighted by Crippen LogP contribution is -2.51. The second-order valence-electron chi connectivity index (χ2n) is 5.56. The minimum Gasteiger partial charge on any atom is -0.355 e. The number of alkyl halides is 3. The lowest BCUT2D eigenvalue weighted by atomic mass is 10.1. The number of rotatable bonds is 2. The molecular formula is C17H9Cl2F3N4O2. The van der Waals surface area contributed by atoms with Crippen LogP contribution in [0.4, 0.5) is 13.2 Å². The fourth-order valence-corrected chi connectivity index (χ4v) is 2.39. The molecular weight excluding hydrogens is 420 g/mol. The van der Waals surface area contributed by atoms with Gasteiger partial charge in [-0.3, -0.25) is 4.79 Å². The fourth-order valence-electron chi connectivity index (χ4n) is 2.14. The summed E-state index contributed by atoms with van der Waals surface area (Å²) in [7, 11) is 0. The first-order chi connectivity index (χ1) is 13.1. The number of amidine groups is 2. The van der Waals surface area contributed by atoms with E-state index in [-0.39, 0.29) is 11.1 Å². The third-order valence-electron chi connectivity index (χ3n) is 3.61. The minimum absolute atomic E-state index is 0.0565. The van der Waals surface area contributed by atoms with Gasteiger partial charge in [-0.15, -0.1) is 10.2 Å². The van der Waals surface area contributed by atoms with Gasteiger partial charge in [0.05, 0.1) is 0 Å². The van der Waals surface area contributed by atoms with Crippen LogP contribution in [-0.4, -0.2) is 34.6 Å². The van der Waals surface area contributed by atoms with Crippen molar-refractivity contribution in [2.75, 3.05) is 0 Å². The zero-order valence-corrected chi connectivity index (χ0v) is 15.2. The first-order valence-electron chi connectivity index (χ1n) is 7.56. The maximum absolute atomic E-state index is 13.5. The van der Waals surface area contributed by atoms with Crippen LogP contribution in [-0.2, 0) is 4.79 Å². The van der Waals surface area contributed by atoms with E-state index in [0.29, 0.717) is 10.0 Å². The second kappa shape index (κ2) is 7.42. The molecule has 1 N–H and O–H groups in total. The summed E-state index contributed by atoms with van der Waals surface area (Å²) >= 11 is 11.5. The van der Waals surface area contributed by atoms with E-state index >= 15 is 0 Å². The molecule has 2 aromatic carbocycles. The van der Waals surface area contributed by atoms with Crippen molar-refractivity contribution in [3.05, 3.63) is 69.7 Å². The summed E-state index contributed by atoms with van der Waals surface area (Å²) in [6.45, 7) is 0. The number of aliphatic hydroxyl groups is 1. The van der Waals surface area contributed by atoms with Crippen molar-refractivity contribution >= 4 is 40.8 Å². The Kier molecular flexibility index (Phi) is 5.33. The number of azo groups is 1. The van der Waals surface area contributed by atoms with Gasteiger partial charge in [-0.2, -0.15) is 18.2 Å². The van der Waals surface area contributed by atoms with E-state index in [9.17, 15) is 23.1 Å². The lowest BCUT2D eigenvalue weighted by molar-refractivity contribution is -0.246. The van der Waals surface area contributed by atoms with Crippen LogP contribution in [0.25, 0.3) is 0 Å². The Bertz CT molecular complexity index is 1000. The number of hydrogen-bond acceptors (Lipinski definition) is 5. The number of carbonyl (C=O) groups is 1. The summed E-state index contributed by atoms with van der Waals surface area (Å²) < 4.78 is 40.4. The average molecular weight is 429 g/mol. The van der Waals surface area contributed by atoms with Gasteiger partial charge in [0.2, 0.25) is 0 Å². The molecule has 6 nitrogen and oxygen atoms in total. The van der Waals surface area contributed by atoms with E-state index in [1.54, 1.807) is 0 Å². The number of hydrogen-bond donors (Lipinski definition) is 1. The van der Waals surface area contributed by atoms with Crippen molar-refractivity contribution in [1.29, 1.82) is 0 Å². The first kappa shape index (κ1) is 20.1. The molecule has 0 fully saturated rings. The molecule has 28 heavy (non-hydrogen) atoms. The molecule has 1 aliphatic heterocycles. The molecule has 144 valence electrons. The van der Waals surface area contributed by atoms with E-state index in [2.05, 4.69) is 20.2 Å². The summed E-state index contributed by atoms with van der Waals surface area (Å²) in [5.41, 5.74) is -3.90. The van der Waals surface area contributed by atoms with Crippen LogP contribution >= 0.6 is 23.2 Å². The van der Waals surface area contributed by atoms with Crippen LogP contribution in [0, 0.1) is 0 Å². The Hall–Kier alpha value is -2.62. The summed E-state index contributed by atoms with van der Waals surface area (Å²) in [5.74, 6) is -3.01. The predicted molar refractivity (Wildman–Crippen MR) is 96.8 cm³/mol. The van der Waals surface area contributed by atoms with Crippen molar-refractivity contribution in [1.82, 2.24) is 0 Å². The zero-order chi connectivity index (χ0) is 20.5. The number of nitrogens with zero attached hydrogens (tertiary/aromatic N) is 4. The molecule has 0 aliphatic carbocycles. The maximum atomic E-state index is 13.5. The molecule has 1 unspecified atom stereocenters. The molecule has 1 amide bonds. The van der Waals surface area contributed by atoms with E-state index in [4.69, 9.17) is 23.2 Å². The molecule has 1 heterocycles. The first-order valence-corrected chi connectivity index (χ1v) is 8.31. The third kappa shape index (κ3) is 3.96. The zero-order valence-electron chi connectivity index (χ0n) is 13.7. The highest BCUT2D eigenvalue weighted by Crippen LogP contribution is 2.34. The Morgan fingerprint density at radius 1 is 0.821 bits per heavy atom. The lowest BCUT2D eigenvalue weighted by Gasteiger charge is -2.24. The van der Waals surface area contributed by atoms with Crippen molar-refractivity contribution in [2.45, 2.75) is 11.9 Å². The Balaban J connectivity index is 2.19. The fraction of sp³-hybridized carbons (Fsp3) is 0.118. The quantitative estimate of drug-likeness (QED) is 0.766. The number of carbonyl (C=O) groups excluding carboxylic acids is 1. The molecule has 1 atom stereocenters. The molecule has 0 aromatic heterocycles. The van der Waals surface area contributed by atoms with E-state index < -0.39 is 29.5 Å². The van der Waals surface area contributed by atoms with Crippen molar-refractivity contribution in [2.24, 2.45) is 20.2 Å². The third-order valence-corrected chi connectivity index (χ3v) is 4.12. The van der Waals surface area contributed by atoms with E-state index in [1.807, 2.05) is 0 Å². The molecule has 0 spiro atoms. The molecule has 0 saturated heterocycles. The van der Waals surface area contributed by atoms with Crippen LogP contribution in [0.3, 0.4) is 0 Å². The second-order valence-corrected chi connectivity index (χ2v) is 6.43. The van der Waals surface area contributed by atoms with Crippen molar-refractivity contribution in [3.63, 3.8) is 0 Å². The molecule has 0 saturated carbocycles. The summed E-state index contributed by atoms with van der Waals surface area (Å²) in [4.78, 5) is 18.6. The SMILES string of the molecule is O=C1N=C(c2ccc(Cl)cc2)N=N/C(c2ccc(Cl)cc2)=N\C1(O)C(F)(F)F. The molecule has 2 aromatic rings. The molecule has 0 bridgehead atoms. The van der Waals surface area contributed by atoms with E-state index in [1.165, 1.54) is 48.5 Å². The van der Waals surface area contributed by atoms with Gasteiger partial charge in [0.1, 0.15) is 0 Å². The van der Waals surface area contributed by atoms with Crippen LogP contribution < -0.4 is 0 Å². The van der Waals surface area contributed by atoms with Crippen LogP contribution in [0.2, 0.25) is 10.0 Å². The van der Waals surface area contributed by atoms with Crippen molar-refractivity contribution < 1.29 is 23.1 Å². The van der Waals surface area contributed by atoms with Crippen LogP contribution in [0.1, 0.15) is 11.1 Å². The topological polar surface area (TPSA) is 86.7 Å². The number of aliphatic imine (C=N–C) groups is 2. The molecule has 3 rings (SSSR count). The standard InChI is InChI=1S/C17H9Cl2F3N4O2/c18-11-5-1-9(2-6-11)13-23-15(27)16(28,17(20,21)22)24-14(26-25-13)10-3-7-12(19)8-4-10/h1-8,28H/b23-13?,24-14-,26-25?. The van der Waals surface area contributed by atoms with Crippen LogP contribution in [0.5, 0.6) is 0 Å². The maximum Gasteiger partial charge on any atom is 0.448 e. The normalized spacial score (nSPS) is 22.1. The Morgan fingerprint density at radius 3 is 1.71 bits per heavy atom. The highest BCUT2D eigenvalue weighted by molar-refractivity contribution is 6.31. The summed E-state index contributed by atoms with van der Waals surface area (Å²) in [6, 6.07) is 11.1. The monoisotopic (exact) mass is 428 g/mol. The van der Waals surface area contributed by atoms with Crippen LogP contribution in [0.15, 0.2) is 68.7 Å². The van der Waals surface area contributed by atoms with Gasteiger partial charge in [0.25, 0.3) is 0 Å². The van der Waals surface area contributed by atoms with Gasteiger partial charge in [-0.05, 0) is 48.5 Å². The minimum atomic E-state index is -5.44. The average Bonchev–Trinajstić information content (AvgIpc) is 2.63. The predicted octanol–water partition coefficient (Wildman–Crippen LogP) is 4.43. The number of halogens is 5. The smallest absolute Gasteiger partial charge is 0.355 e. The van der Waals surface area contributed by atoms with Gasteiger partial charge in [-0.25, -0.2) is 4.99 Å². The highest BCUT2D eigenvalue weighted by Gasteiger charge is 2.61. The highest BCUT2D eigenvalue weighted by atomic mass is 35.5. The van der Waals surface area contributed by atoms with Gasteiger partial charge in [0, 0.05) is 21.2 Å². The van der Waals surface area contributed by atoms with Gasteiger partial charge >= 0.3 is 17.8 Å². The van der Waals surface area contributed by atoms with Gasteiger partial charge in [-0.1, -0.05) is 23.2 Å². The van der Waals surface area contributed by atoms with E-state index in [0.717, 1.165) is 0 Å². The number of amides is 1. The molecule has 11 heteroatoms. The van der Waals surface area contributed by atoms with Crippen molar-refractivity contribution in [3.8, 4) is 0 Å². The van der Waals surface area contributed by atoms with Gasteiger partial charge in [0.15, 0.2) is 11.7 Å². The Morgan fingerprint density at radius 2 is 1.25 bits per heavy atom. The molecule has 0 radical (unpaired) electrons. The summed E-state index contributed by atoms with van der Waals surface area (Å²) in [6.07, 6.45) is -5.44. The molecule has 1 aliphatic rings.